The van der Waals surface area contributed by atoms with Crippen LogP contribution in [0.3, 0.4) is 0 Å². The number of fused-ring (bicyclic) bond motifs is 1. The van der Waals surface area contributed by atoms with E-state index in [2.05, 4.69) is 4.98 Å². The number of aromatic nitrogens is 2. The number of ether oxygens (including phenoxy) is 3. The Morgan fingerprint density at radius 1 is 0.958 bits per heavy atom. The first-order valence-corrected chi connectivity index (χ1v) is 7.78. The summed E-state index contributed by atoms with van der Waals surface area (Å²) in [5.41, 5.74) is 2.68. The highest BCUT2D eigenvalue weighted by Crippen LogP contribution is 2.32. The summed E-state index contributed by atoms with van der Waals surface area (Å²) < 4.78 is 18.6. The lowest BCUT2D eigenvalue weighted by Crippen LogP contribution is -2.02. The van der Waals surface area contributed by atoms with E-state index in [0.717, 1.165) is 27.9 Å². The third-order valence-electron chi connectivity index (χ3n) is 3.91. The number of nitrogens with zero attached hydrogens (tertiary/aromatic N) is 2. The molecule has 3 rings (SSSR count). The number of hydrogen-bond acceptors (Lipinski definition) is 5. The smallest absolute Gasteiger partial charge is 0.134 e. The van der Waals surface area contributed by atoms with Gasteiger partial charge in [-0.05, 0) is 30.7 Å². The molecule has 0 amide bonds. The molecule has 0 atom stereocenters. The number of hydrogen-bond donors (Lipinski definition) is 0. The van der Waals surface area contributed by atoms with E-state index < -0.39 is 0 Å². The summed E-state index contributed by atoms with van der Waals surface area (Å²) >= 11 is 5.68. The van der Waals surface area contributed by atoms with Crippen LogP contribution in [0.25, 0.3) is 16.6 Å². The predicted molar refractivity (Wildman–Crippen MR) is 96.3 cm³/mol. The van der Waals surface area contributed by atoms with Crippen molar-refractivity contribution in [2.24, 2.45) is 0 Å². The Hall–Kier alpha value is -2.60. The molecule has 1 aromatic heterocycles. The second-order valence-electron chi connectivity index (χ2n) is 5.30. The van der Waals surface area contributed by atoms with Gasteiger partial charge in [-0.1, -0.05) is 12.2 Å². The van der Waals surface area contributed by atoms with Gasteiger partial charge in [0, 0.05) is 17.8 Å². The molecule has 3 aromatic rings. The summed E-state index contributed by atoms with van der Waals surface area (Å²) in [5, 5.41) is 0.782. The standard InChI is InChI=1S/C18H18N2O3S/c1-11-7-12(5-6-15(11)22-3)20-10-19-14-8-13(21-2)9-16(23-4)17(14)18(20)24/h5-10H,1-4H3. The van der Waals surface area contributed by atoms with Crippen molar-refractivity contribution < 1.29 is 14.2 Å². The van der Waals surface area contributed by atoms with Crippen molar-refractivity contribution >= 4 is 23.1 Å². The Kier molecular flexibility index (Phi) is 4.40. The molecule has 24 heavy (non-hydrogen) atoms. The van der Waals surface area contributed by atoms with Gasteiger partial charge in [-0.3, -0.25) is 4.57 Å². The Labute approximate surface area is 145 Å². The summed E-state index contributed by atoms with van der Waals surface area (Å²) in [6.07, 6.45) is 1.71. The maximum atomic E-state index is 5.68. The summed E-state index contributed by atoms with van der Waals surface area (Å²) in [7, 11) is 4.87. The molecular formula is C18H18N2O3S. The number of rotatable bonds is 4. The number of aryl methyl sites for hydroxylation is 1. The van der Waals surface area contributed by atoms with Gasteiger partial charge in [0.25, 0.3) is 0 Å². The zero-order valence-electron chi connectivity index (χ0n) is 14.0. The zero-order valence-corrected chi connectivity index (χ0v) is 14.8. The maximum absolute atomic E-state index is 5.68. The van der Waals surface area contributed by atoms with Gasteiger partial charge in [0.05, 0.1) is 32.2 Å². The first-order valence-electron chi connectivity index (χ1n) is 7.37. The fourth-order valence-corrected chi connectivity index (χ4v) is 3.02. The van der Waals surface area contributed by atoms with Gasteiger partial charge >= 0.3 is 0 Å². The normalized spacial score (nSPS) is 10.7. The van der Waals surface area contributed by atoms with Gasteiger partial charge in [0.1, 0.15) is 28.2 Å². The zero-order chi connectivity index (χ0) is 17.3. The minimum absolute atomic E-state index is 0.629. The molecule has 0 saturated carbocycles. The topological polar surface area (TPSA) is 45.5 Å². The molecule has 124 valence electrons. The fraction of sp³-hybridized carbons (Fsp3) is 0.222. The summed E-state index contributed by atoms with van der Waals surface area (Å²) in [6.45, 7) is 1.99. The molecule has 0 aliphatic carbocycles. The molecule has 0 saturated heterocycles. The van der Waals surface area contributed by atoms with Crippen LogP contribution in [0, 0.1) is 11.6 Å². The monoisotopic (exact) mass is 342 g/mol. The van der Waals surface area contributed by atoms with Crippen LogP contribution in [0.4, 0.5) is 0 Å². The molecule has 0 N–H and O–H groups in total. The van der Waals surface area contributed by atoms with Gasteiger partial charge in [0.15, 0.2) is 0 Å². The minimum Gasteiger partial charge on any atom is -0.497 e. The van der Waals surface area contributed by atoms with Crippen molar-refractivity contribution in [1.29, 1.82) is 0 Å². The van der Waals surface area contributed by atoms with Gasteiger partial charge in [-0.25, -0.2) is 4.98 Å². The van der Waals surface area contributed by atoms with Crippen LogP contribution in [0.2, 0.25) is 0 Å². The molecule has 0 unspecified atom stereocenters. The number of methoxy groups -OCH3 is 3. The first-order chi connectivity index (χ1) is 11.6. The molecule has 1 heterocycles. The van der Waals surface area contributed by atoms with E-state index in [0.29, 0.717) is 16.1 Å². The Balaban J connectivity index is 2.26. The fourth-order valence-electron chi connectivity index (χ4n) is 2.66. The second-order valence-corrected chi connectivity index (χ2v) is 5.68. The minimum atomic E-state index is 0.629. The van der Waals surface area contributed by atoms with Crippen molar-refractivity contribution in [1.82, 2.24) is 9.55 Å². The molecule has 0 aliphatic rings. The van der Waals surface area contributed by atoms with E-state index in [-0.39, 0.29) is 0 Å². The van der Waals surface area contributed by atoms with E-state index in [1.165, 1.54) is 0 Å². The highest BCUT2D eigenvalue weighted by atomic mass is 32.1. The van der Waals surface area contributed by atoms with Crippen molar-refractivity contribution in [2.75, 3.05) is 21.3 Å². The molecular weight excluding hydrogens is 324 g/mol. The maximum Gasteiger partial charge on any atom is 0.134 e. The quantitative estimate of drug-likeness (QED) is 0.668. The van der Waals surface area contributed by atoms with Crippen molar-refractivity contribution in [3.8, 4) is 22.9 Å². The molecule has 0 bridgehead atoms. The third-order valence-corrected chi connectivity index (χ3v) is 4.31. The predicted octanol–water partition coefficient (Wildman–Crippen LogP) is 4.09. The van der Waals surface area contributed by atoms with Crippen molar-refractivity contribution in [2.45, 2.75) is 6.92 Å². The highest BCUT2D eigenvalue weighted by molar-refractivity contribution is 7.71. The molecule has 0 radical (unpaired) electrons. The SMILES string of the molecule is COc1cc(OC)c2c(=S)n(-c3ccc(OC)c(C)c3)cnc2c1. The molecule has 5 nitrogen and oxygen atoms in total. The van der Waals surface area contributed by atoms with Gasteiger partial charge < -0.3 is 14.2 Å². The average molecular weight is 342 g/mol. The molecule has 2 aromatic carbocycles. The van der Waals surface area contributed by atoms with Crippen LogP contribution in [-0.2, 0) is 0 Å². The molecule has 6 heteroatoms. The van der Waals surface area contributed by atoms with Crippen molar-refractivity contribution in [3.63, 3.8) is 0 Å². The Bertz CT molecular complexity index is 966. The Morgan fingerprint density at radius 2 is 1.71 bits per heavy atom. The van der Waals surface area contributed by atoms with Crippen LogP contribution in [-0.4, -0.2) is 30.9 Å². The average Bonchev–Trinajstić information content (AvgIpc) is 2.60. The van der Waals surface area contributed by atoms with Crippen LogP contribution in [0.15, 0.2) is 36.7 Å². The van der Waals surface area contributed by atoms with E-state index in [1.807, 2.05) is 41.8 Å². The molecule has 0 fully saturated rings. The van der Waals surface area contributed by atoms with Crippen LogP contribution in [0.1, 0.15) is 5.56 Å². The van der Waals surface area contributed by atoms with Gasteiger partial charge in [-0.2, -0.15) is 0 Å². The summed E-state index contributed by atoms with van der Waals surface area (Å²) in [6, 6.07) is 9.53. The molecule has 0 spiro atoms. The first kappa shape index (κ1) is 16.3. The van der Waals surface area contributed by atoms with Crippen molar-refractivity contribution in [3.05, 3.63) is 46.9 Å². The highest BCUT2D eigenvalue weighted by Gasteiger charge is 2.11. The van der Waals surface area contributed by atoms with Gasteiger partial charge in [-0.15, -0.1) is 0 Å². The number of benzene rings is 2. The van der Waals surface area contributed by atoms with E-state index in [4.69, 9.17) is 26.4 Å². The van der Waals surface area contributed by atoms with Crippen LogP contribution < -0.4 is 14.2 Å². The molecule has 0 aliphatic heterocycles. The lowest BCUT2D eigenvalue weighted by Gasteiger charge is -2.13. The lowest BCUT2D eigenvalue weighted by atomic mass is 10.2. The summed E-state index contributed by atoms with van der Waals surface area (Å²) in [4.78, 5) is 4.51. The van der Waals surface area contributed by atoms with Crippen LogP contribution >= 0.6 is 12.2 Å². The van der Waals surface area contributed by atoms with E-state index >= 15 is 0 Å². The third kappa shape index (κ3) is 2.69. The lowest BCUT2D eigenvalue weighted by molar-refractivity contribution is 0.397. The largest absolute Gasteiger partial charge is 0.497 e. The summed E-state index contributed by atoms with van der Waals surface area (Å²) in [5.74, 6) is 2.15. The van der Waals surface area contributed by atoms with E-state index in [1.54, 1.807) is 27.7 Å². The van der Waals surface area contributed by atoms with Crippen LogP contribution in [0.5, 0.6) is 17.2 Å². The van der Waals surface area contributed by atoms with Gasteiger partial charge in [0.2, 0.25) is 0 Å². The second kappa shape index (κ2) is 6.49. The Morgan fingerprint density at radius 3 is 2.33 bits per heavy atom. The van der Waals surface area contributed by atoms with E-state index in [9.17, 15) is 0 Å².